The molecule has 1 aromatic rings. The lowest BCUT2D eigenvalue weighted by molar-refractivity contribution is -0.113. The Hall–Kier alpha value is -0.740. The summed E-state index contributed by atoms with van der Waals surface area (Å²) in [6.45, 7) is 3.60. The van der Waals surface area contributed by atoms with Gasteiger partial charge < -0.3 is 5.32 Å². The molecule has 0 radical (unpaired) electrons. The SMILES string of the molecule is C=CCSCC(=O)Nc1ccccc1Br. The number of benzene rings is 1. The van der Waals surface area contributed by atoms with E-state index < -0.39 is 0 Å². The lowest BCUT2D eigenvalue weighted by Gasteiger charge is -2.06. The van der Waals surface area contributed by atoms with Crippen molar-refractivity contribution in [3.05, 3.63) is 41.4 Å². The minimum Gasteiger partial charge on any atom is -0.324 e. The predicted octanol–water partition coefficient (Wildman–Crippen LogP) is 3.31. The summed E-state index contributed by atoms with van der Waals surface area (Å²) in [7, 11) is 0. The van der Waals surface area contributed by atoms with Crippen LogP contribution in [0.4, 0.5) is 5.69 Å². The third-order valence-electron chi connectivity index (χ3n) is 1.62. The number of thioether (sulfide) groups is 1. The second kappa shape index (κ2) is 6.69. The monoisotopic (exact) mass is 285 g/mol. The summed E-state index contributed by atoms with van der Waals surface area (Å²) in [4.78, 5) is 11.5. The van der Waals surface area contributed by atoms with Crippen LogP contribution in [0.15, 0.2) is 41.4 Å². The maximum atomic E-state index is 11.5. The van der Waals surface area contributed by atoms with Crippen molar-refractivity contribution in [1.82, 2.24) is 0 Å². The molecule has 1 aromatic carbocycles. The molecule has 0 saturated carbocycles. The van der Waals surface area contributed by atoms with E-state index in [4.69, 9.17) is 0 Å². The van der Waals surface area contributed by atoms with E-state index in [0.29, 0.717) is 5.75 Å². The Morgan fingerprint density at radius 1 is 1.53 bits per heavy atom. The number of anilines is 1. The summed E-state index contributed by atoms with van der Waals surface area (Å²) in [6.07, 6.45) is 1.79. The lowest BCUT2D eigenvalue weighted by atomic mass is 10.3. The van der Waals surface area contributed by atoms with Crippen LogP contribution < -0.4 is 5.32 Å². The average molecular weight is 286 g/mol. The number of hydrogen-bond acceptors (Lipinski definition) is 2. The largest absolute Gasteiger partial charge is 0.324 e. The van der Waals surface area contributed by atoms with Crippen LogP contribution in [0.2, 0.25) is 0 Å². The fourth-order valence-electron chi connectivity index (χ4n) is 0.984. The van der Waals surface area contributed by atoms with Gasteiger partial charge in [-0.1, -0.05) is 18.2 Å². The number of nitrogens with one attached hydrogen (secondary N) is 1. The van der Waals surface area contributed by atoms with Crippen molar-refractivity contribution in [3.63, 3.8) is 0 Å². The Labute approximate surface area is 102 Å². The molecule has 2 nitrogen and oxygen atoms in total. The van der Waals surface area contributed by atoms with Gasteiger partial charge in [0.25, 0.3) is 0 Å². The van der Waals surface area contributed by atoms with Gasteiger partial charge in [0, 0.05) is 10.2 Å². The quantitative estimate of drug-likeness (QED) is 0.664. The Morgan fingerprint density at radius 3 is 2.93 bits per heavy atom. The van der Waals surface area contributed by atoms with Gasteiger partial charge in [0.15, 0.2) is 0 Å². The first-order valence-corrected chi connectivity index (χ1v) is 6.42. The molecule has 0 fully saturated rings. The molecule has 0 aliphatic rings. The first kappa shape index (κ1) is 12.3. The third kappa shape index (κ3) is 4.53. The van der Waals surface area contributed by atoms with Crippen molar-refractivity contribution in [1.29, 1.82) is 0 Å². The molecule has 0 unspecified atom stereocenters. The van der Waals surface area contributed by atoms with Crippen molar-refractivity contribution >= 4 is 39.3 Å². The van der Waals surface area contributed by atoms with E-state index in [1.807, 2.05) is 24.3 Å². The van der Waals surface area contributed by atoms with E-state index in [1.165, 1.54) is 0 Å². The molecule has 0 aliphatic carbocycles. The predicted molar refractivity (Wildman–Crippen MR) is 70.3 cm³/mol. The van der Waals surface area contributed by atoms with Crippen LogP contribution in [-0.2, 0) is 4.79 Å². The Kier molecular flexibility index (Phi) is 5.50. The highest BCUT2D eigenvalue weighted by molar-refractivity contribution is 9.10. The van der Waals surface area contributed by atoms with Crippen LogP contribution >= 0.6 is 27.7 Å². The van der Waals surface area contributed by atoms with Crippen molar-refractivity contribution in [2.45, 2.75) is 0 Å². The standard InChI is InChI=1S/C11H12BrNOS/c1-2-7-15-8-11(14)13-10-6-4-3-5-9(10)12/h2-6H,1,7-8H2,(H,13,14). The Morgan fingerprint density at radius 2 is 2.27 bits per heavy atom. The number of para-hydroxylation sites is 1. The summed E-state index contributed by atoms with van der Waals surface area (Å²) in [5.41, 5.74) is 0.807. The smallest absolute Gasteiger partial charge is 0.234 e. The normalized spacial score (nSPS) is 9.67. The van der Waals surface area contributed by atoms with Crippen LogP contribution in [0.5, 0.6) is 0 Å². The molecule has 0 aromatic heterocycles. The van der Waals surface area contributed by atoms with Gasteiger partial charge >= 0.3 is 0 Å². The number of hydrogen-bond donors (Lipinski definition) is 1. The maximum absolute atomic E-state index is 11.5. The zero-order chi connectivity index (χ0) is 11.1. The fraction of sp³-hybridized carbons (Fsp3) is 0.182. The zero-order valence-electron chi connectivity index (χ0n) is 8.20. The minimum absolute atomic E-state index is 0.00810. The Bertz CT molecular complexity index is 354. The van der Waals surface area contributed by atoms with Gasteiger partial charge in [-0.15, -0.1) is 18.3 Å². The summed E-state index contributed by atoms with van der Waals surface area (Å²) in [5, 5.41) is 2.83. The molecular formula is C11H12BrNOS. The van der Waals surface area contributed by atoms with Crippen molar-refractivity contribution < 1.29 is 4.79 Å². The maximum Gasteiger partial charge on any atom is 0.234 e. The van der Waals surface area contributed by atoms with E-state index >= 15 is 0 Å². The van der Waals surface area contributed by atoms with Crippen LogP contribution in [0.25, 0.3) is 0 Å². The van der Waals surface area contributed by atoms with Crippen LogP contribution in [0.1, 0.15) is 0 Å². The second-order valence-electron chi connectivity index (χ2n) is 2.83. The molecule has 1 rings (SSSR count). The molecule has 1 amide bonds. The topological polar surface area (TPSA) is 29.1 Å². The Balaban J connectivity index is 2.44. The van der Waals surface area contributed by atoms with E-state index in [-0.39, 0.29) is 5.91 Å². The molecule has 0 atom stereocenters. The van der Waals surface area contributed by atoms with Gasteiger partial charge in [-0.3, -0.25) is 4.79 Å². The first-order chi connectivity index (χ1) is 7.24. The van der Waals surface area contributed by atoms with Gasteiger partial charge in [-0.05, 0) is 28.1 Å². The highest BCUT2D eigenvalue weighted by atomic mass is 79.9. The van der Waals surface area contributed by atoms with E-state index in [1.54, 1.807) is 17.8 Å². The molecule has 0 spiro atoms. The minimum atomic E-state index is 0.00810. The molecule has 0 aliphatic heterocycles. The van der Waals surface area contributed by atoms with Gasteiger partial charge in [0.2, 0.25) is 5.91 Å². The average Bonchev–Trinajstić information content (AvgIpc) is 2.22. The molecule has 0 saturated heterocycles. The number of rotatable bonds is 5. The summed E-state index contributed by atoms with van der Waals surface area (Å²) >= 11 is 4.91. The summed E-state index contributed by atoms with van der Waals surface area (Å²) < 4.78 is 0.895. The molecule has 80 valence electrons. The van der Waals surface area contributed by atoms with Crippen molar-refractivity contribution in [2.24, 2.45) is 0 Å². The first-order valence-electron chi connectivity index (χ1n) is 4.47. The molecule has 0 heterocycles. The van der Waals surface area contributed by atoms with Crippen LogP contribution in [0.3, 0.4) is 0 Å². The van der Waals surface area contributed by atoms with Gasteiger partial charge in [0.05, 0.1) is 11.4 Å². The highest BCUT2D eigenvalue weighted by Crippen LogP contribution is 2.21. The van der Waals surface area contributed by atoms with Gasteiger partial charge in [0.1, 0.15) is 0 Å². The number of carbonyl (C=O) groups is 1. The van der Waals surface area contributed by atoms with E-state index in [2.05, 4.69) is 27.8 Å². The summed E-state index contributed by atoms with van der Waals surface area (Å²) in [5.74, 6) is 1.25. The van der Waals surface area contributed by atoms with Crippen LogP contribution in [0, 0.1) is 0 Å². The fourth-order valence-corrected chi connectivity index (χ4v) is 1.91. The number of carbonyl (C=O) groups excluding carboxylic acids is 1. The zero-order valence-corrected chi connectivity index (χ0v) is 10.6. The second-order valence-corrected chi connectivity index (χ2v) is 4.72. The van der Waals surface area contributed by atoms with Crippen molar-refractivity contribution in [2.75, 3.05) is 16.8 Å². The summed E-state index contributed by atoms with van der Waals surface area (Å²) in [6, 6.07) is 7.55. The number of halogens is 1. The van der Waals surface area contributed by atoms with E-state index in [9.17, 15) is 4.79 Å². The third-order valence-corrected chi connectivity index (χ3v) is 3.25. The van der Waals surface area contributed by atoms with Gasteiger partial charge in [-0.25, -0.2) is 0 Å². The highest BCUT2D eigenvalue weighted by Gasteiger charge is 2.03. The molecule has 4 heteroatoms. The lowest BCUT2D eigenvalue weighted by Crippen LogP contribution is -2.14. The van der Waals surface area contributed by atoms with Crippen molar-refractivity contribution in [3.8, 4) is 0 Å². The molecular weight excluding hydrogens is 274 g/mol. The van der Waals surface area contributed by atoms with Crippen LogP contribution in [-0.4, -0.2) is 17.4 Å². The molecule has 0 bridgehead atoms. The van der Waals surface area contributed by atoms with Gasteiger partial charge in [-0.2, -0.15) is 0 Å². The molecule has 15 heavy (non-hydrogen) atoms. The van der Waals surface area contributed by atoms with E-state index in [0.717, 1.165) is 15.9 Å². The molecule has 1 N–H and O–H groups in total. The number of amides is 1.